The van der Waals surface area contributed by atoms with Gasteiger partial charge in [0, 0.05) is 19.2 Å². The number of H-pyrrole nitrogens is 1. The molecule has 4 nitrogen and oxygen atoms in total. The Morgan fingerprint density at radius 2 is 2.21 bits per heavy atom. The molecule has 0 aliphatic heterocycles. The van der Waals surface area contributed by atoms with E-state index < -0.39 is 0 Å². The van der Waals surface area contributed by atoms with E-state index in [4.69, 9.17) is 0 Å². The second kappa shape index (κ2) is 7.97. The summed E-state index contributed by atoms with van der Waals surface area (Å²) >= 11 is 0. The molecule has 1 saturated carbocycles. The van der Waals surface area contributed by atoms with Crippen molar-refractivity contribution in [2.45, 2.75) is 57.8 Å². The minimum atomic E-state index is 0.228. The molecule has 1 aliphatic rings. The van der Waals surface area contributed by atoms with Crippen molar-refractivity contribution in [2.75, 3.05) is 6.54 Å². The van der Waals surface area contributed by atoms with Gasteiger partial charge >= 0.3 is 0 Å². The smallest absolute Gasteiger partial charge is 0.220 e. The fourth-order valence-electron chi connectivity index (χ4n) is 2.81. The van der Waals surface area contributed by atoms with Crippen LogP contribution < -0.4 is 5.32 Å². The molecule has 106 valence electrons. The van der Waals surface area contributed by atoms with Gasteiger partial charge in [-0.05, 0) is 31.6 Å². The molecule has 0 saturated heterocycles. The predicted molar refractivity (Wildman–Crippen MR) is 75.7 cm³/mol. The van der Waals surface area contributed by atoms with E-state index in [2.05, 4.69) is 15.3 Å². The van der Waals surface area contributed by atoms with Crippen LogP contribution in [0, 0.1) is 5.92 Å². The number of aromatic nitrogens is 2. The Kier molecular flexibility index (Phi) is 5.92. The molecule has 0 radical (unpaired) electrons. The molecule has 1 aromatic rings. The van der Waals surface area contributed by atoms with Crippen LogP contribution in [0.1, 0.15) is 57.1 Å². The highest BCUT2D eigenvalue weighted by Gasteiger charge is 2.15. The van der Waals surface area contributed by atoms with Gasteiger partial charge in [0.2, 0.25) is 5.91 Å². The van der Waals surface area contributed by atoms with Crippen molar-refractivity contribution in [3.8, 4) is 0 Å². The topological polar surface area (TPSA) is 57.8 Å². The number of unbranched alkanes of at least 4 members (excludes halogenated alkanes) is 1. The maximum absolute atomic E-state index is 11.7. The summed E-state index contributed by atoms with van der Waals surface area (Å²) < 4.78 is 0. The van der Waals surface area contributed by atoms with Crippen molar-refractivity contribution < 1.29 is 4.79 Å². The SMILES string of the molecule is O=C(CCC1CCCC1)NCCCCc1c[nH]cn1. The van der Waals surface area contributed by atoms with Crippen LogP contribution in [-0.4, -0.2) is 22.4 Å². The zero-order chi connectivity index (χ0) is 13.3. The van der Waals surface area contributed by atoms with Crippen LogP contribution in [0.2, 0.25) is 0 Å². The van der Waals surface area contributed by atoms with E-state index in [0.29, 0.717) is 6.42 Å². The first-order valence-electron chi connectivity index (χ1n) is 7.59. The fourth-order valence-corrected chi connectivity index (χ4v) is 2.81. The van der Waals surface area contributed by atoms with Crippen LogP contribution >= 0.6 is 0 Å². The molecule has 1 aliphatic carbocycles. The highest BCUT2D eigenvalue weighted by molar-refractivity contribution is 5.75. The number of carbonyl (C=O) groups excluding carboxylic acids is 1. The lowest BCUT2D eigenvalue weighted by atomic mass is 10.0. The number of hydrogen-bond donors (Lipinski definition) is 2. The van der Waals surface area contributed by atoms with E-state index in [1.165, 1.54) is 25.7 Å². The Bertz CT molecular complexity index is 355. The van der Waals surface area contributed by atoms with Gasteiger partial charge in [-0.3, -0.25) is 4.79 Å². The van der Waals surface area contributed by atoms with Gasteiger partial charge in [0.25, 0.3) is 0 Å². The van der Waals surface area contributed by atoms with Gasteiger partial charge < -0.3 is 10.3 Å². The molecular formula is C15H25N3O. The molecule has 2 rings (SSSR count). The first kappa shape index (κ1) is 14.1. The van der Waals surface area contributed by atoms with Crippen molar-refractivity contribution in [2.24, 2.45) is 5.92 Å². The fraction of sp³-hybridized carbons (Fsp3) is 0.733. The highest BCUT2D eigenvalue weighted by Crippen LogP contribution is 2.28. The monoisotopic (exact) mass is 263 g/mol. The summed E-state index contributed by atoms with van der Waals surface area (Å²) in [5, 5.41) is 3.02. The van der Waals surface area contributed by atoms with Crippen molar-refractivity contribution in [1.29, 1.82) is 0 Å². The largest absolute Gasteiger partial charge is 0.356 e. The molecule has 4 heteroatoms. The van der Waals surface area contributed by atoms with Crippen molar-refractivity contribution in [1.82, 2.24) is 15.3 Å². The molecule has 2 N–H and O–H groups in total. The number of hydrogen-bond acceptors (Lipinski definition) is 2. The van der Waals surface area contributed by atoms with E-state index in [1.54, 1.807) is 6.33 Å². The lowest BCUT2D eigenvalue weighted by Gasteiger charge is -2.08. The van der Waals surface area contributed by atoms with E-state index >= 15 is 0 Å². The minimum Gasteiger partial charge on any atom is -0.356 e. The first-order chi connectivity index (χ1) is 9.34. The van der Waals surface area contributed by atoms with E-state index in [9.17, 15) is 4.79 Å². The second-order valence-corrected chi connectivity index (χ2v) is 5.56. The molecule has 0 unspecified atom stereocenters. The predicted octanol–water partition coefficient (Wildman–Crippen LogP) is 2.82. The van der Waals surface area contributed by atoms with E-state index in [-0.39, 0.29) is 5.91 Å². The van der Waals surface area contributed by atoms with Crippen molar-refractivity contribution >= 4 is 5.91 Å². The van der Waals surface area contributed by atoms with E-state index in [0.717, 1.165) is 43.8 Å². The number of nitrogens with zero attached hydrogens (tertiary/aromatic N) is 1. The third kappa shape index (κ3) is 5.45. The molecule has 0 spiro atoms. The Labute approximate surface area is 115 Å². The van der Waals surface area contributed by atoms with Crippen molar-refractivity contribution in [3.63, 3.8) is 0 Å². The summed E-state index contributed by atoms with van der Waals surface area (Å²) in [6.45, 7) is 0.800. The number of aromatic amines is 1. The molecule has 0 bridgehead atoms. The number of rotatable bonds is 8. The summed E-state index contributed by atoms with van der Waals surface area (Å²) in [7, 11) is 0. The lowest BCUT2D eigenvalue weighted by Crippen LogP contribution is -2.24. The van der Waals surface area contributed by atoms with Crippen LogP contribution in [0.15, 0.2) is 12.5 Å². The third-order valence-electron chi connectivity index (χ3n) is 3.99. The van der Waals surface area contributed by atoms with Gasteiger partial charge in [-0.15, -0.1) is 0 Å². The molecular weight excluding hydrogens is 238 g/mol. The van der Waals surface area contributed by atoms with Crippen molar-refractivity contribution in [3.05, 3.63) is 18.2 Å². The third-order valence-corrected chi connectivity index (χ3v) is 3.99. The Morgan fingerprint density at radius 1 is 1.37 bits per heavy atom. The standard InChI is InChI=1S/C15H25N3O/c19-15(9-8-13-5-1-2-6-13)17-10-4-3-7-14-11-16-12-18-14/h11-13H,1-10H2,(H,16,18)(H,17,19). The van der Waals surface area contributed by atoms with Crippen LogP contribution in [0.5, 0.6) is 0 Å². The first-order valence-corrected chi connectivity index (χ1v) is 7.59. The molecule has 19 heavy (non-hydrogen) atoms. The summed E-state index contributed by atoms with van der Waals surface area (Å²) in [6.07, 6.45) is 13.9. The molecule has 1 heterocycles. The molecule has 1 fully saturated rings. The van der Waals surface area contributed by atoms with Gasteiger partial charge in [0.05, 0.1) is 12.0 Å². The quantitative estimate of drug-likeness (QED) is 0.709. The number of imidazole rings is 1. The number of nitrogens with one attached hydrogen (secondary N) is 2. The summed E-state index contributed by atoms with van der Waals surface area (Å²) in [6, 6.07) is 0. The van der Waals surface area contributed by atoms with Crippen LogP contribution in [0.25, 0.3) is 0 Å². The summed E-state index contributed by atoms with van der Waals surface area (Å²) in [5.41, 5.74) is 1.10. The van der Waals surface area contributed by atoms with Gasteiger partial charge in [0.15, 0.2) is 0 Å². The van der Waals surface area contributed by atoms with Crippen LogP contribution in [0.3, 0.4) is 0 Å². The molecule has 0 aromatic carbocycles. The van der Waals surface area contributed by atoms with Gasteiger partial charge in [-0.1, -0.05) is 25.7 Å². The number of aryl methyl sites for hydroxylation is 1. The average Bonchev–Trinajstić information content (AvgIpc) is 3.09. The Hall–Kier alpha value is -1.32. The number of amides is 1. The second-order valence-electron chi connectivity index (χ2n) is 5.56. The maximum atomic E-state index is 11.7. The van der Waals surface area contributed by atoms with Gasteiger partial charge in [0.1, 0.15) is 0 Å². The van der Waals surface area contributed by atoms with Gasteiger partial charge in [-0.2, -0.15) is 0 Å². The summed E-state index contributed by atoms with van der Waals surface area (Å²) in [4.78, 5) is 18.8. The Balaban J connectivity index is 1.44. The highest BCUT2D eigenvalue weighted by atomic mass is 16.1. The zero-order valence-electron chi connectivity index (χ0n) is 11.7. The summed E-state index contributed by atoms with van der Waals surface area (Å²) in [5.74, 6) is 1.04. The Morgan fingerprint density at radius 3 is 2.95 bits per heavy atom. The molecule has 1 aromatic heterocycles. The molecule has 1 amide bonds. The average molecular weight is 263 g/mol. The van der Waals surface area contributed by atoms with Gasteiger partial charge in [-0.25, -0.2) is 4.98 Å². The van der Waals surface area contributed by atoms with Crippen LogP contribution in [-0.2, 0) is 11.2 Å². The normalized spacial score (nSPS) is 15.8. The van der Waals surface area contributed by atoms with Crippen LogP contribution in [0.4, 0.5) is 0 Å². The minimum absolute atomic E-state index is 0.228. The zero-order valence-corrected chi connectivity index (χ0v) is 11.7. The number of carbonyl (C=O) groups is 1. The molecule has 0 atom stereocenters. The maximum Gasteiger partial charge on any atom is 0.220 e. The lowest BCUT2D eigenvalue weighted by molar-refractivity contribution is -0.121. The van der Waals surface area contributed by atoms with E-state index in [1.807, 2.05) is 6.20 Å².